The highest BCUT2D eigenvalue weighted by Crippen LogP contribution is 2.23. The molecule has 0 radical (unpaired) electrons. The third-order valence-corrected chi connectivity index (χ3v) is 4.72. The van der Waals surface area contributed by atoms with E-state index in [1.54, 1.807) is 0 Å². The molecular formula is C18H25N3O3. The Morgan fingerprint density at radius 3 is 2.71 bits per heavy atom. The van der Waals surface area contributed by atoms with Crippen LogP contribution < -0.4 is 11.0 Å². The molecule has 2 unspecified atom stereocenters. The van der Waals surface area contributed by atoms with Gasteiger partial charge in [-0.05, 0) is 43.9 Å². The summed E-state index contributed by atoms with van der Waals surface area (Å²) in [6, 6.07) is 5.49. The lowest BCUT2D eigenvalue weighted by molar-refractivity contribution is -0.137. The minimum absolute atomic E-state index is 0.0699. The third-order valence-electron chi connectivity index (χ3n) is 4.72. The van der Waals surface area contributed by atoms with Crippen LogP contribution in [0.4, 0.5) is 0 Å². The Labute approximate surface area is 141 Å². The van der Waals surface area contributed by atoms with E-state index in [1.807, 2.05) is 32.0 Å². The van der Waals surface area contributed by atoms with Gasteiger partial charge in [-0.1, -0.05) is 25.8 Å². The molecule has 1 heterocycles. The molecule has 130 valence electrons. The van der Waals surface area contributed by atoms with Gasteiger partial charge in [0.2, 0.25) is 5.91 Å². The lowest BCUT2D eigenvalue weighted by Crippen LogP contribution is -2.39. The fourth-order valence-electron chi connectivity index (χ4n) is 3.31. The van der Waals surface area contributed by atoms with Gasteiger partial charge < -0.3 is 20.0 Å². The number of H-pyrrole nitrogens is 2. The van der Waals surface area contributed by atoms with E-state index in [0.29, 0.717) is 6.42 Å². The van der Waals surface area contributed by atoms with E-state index in [-0.39, 0.29) is 23.7 Å². The van der Waals surface area contributed by atoms with Crippen molar-refractivity contribution >= 4 is 16.9 Å². The van der Waals surface area contributed by atoms with E-state index in [2.05, 4.69) is 15.3 Å². The number of hydrogen-bond donors (Lipinski definition) is 3. The summed E-state index contributed by atoms with van der Waals surface area (Å²) in [7, 11) is 0. The van der Waals surface area contributed by atoms with Crippen molar-refractivity contribution in [1.29, 1.82) is 0 Å². The Morgan fingerprint density at radius 2 is 2.00 bits per heavy atom. The van der Waals surface area contributed by atoms with E-state index in [4.69, 9.17) is 4.74 Å². The maximum atomic E-state index is 12.5. The maximum Gasteiger partial charge on any atom is 0.323 e. The molecule has 1 aliphatic rings. The molecule has 1 aliphatic carbocycles. The number of nitrogens with one attached hydrogen (secondary N) is 3. The average Bonchev–Trinajstić information content (AvgIpc) is 3.19. The fourth-order valence-corrected chi connectivity index (χ4v) is 3.31. The molecule has 6 nitrogen and oxygen atoms in total. The number of fused-ring (bicyclic) bond motifs is 1. The molecule has 2 atom stereocenters. The number of imidazole rings is 1. The summed E-state index contributed by atoms with van der Waals surface area (Å²) in [5.41, 5.74) is 2.22. The first kappa shape index (κ1) is 16.8. The van der Waals surface area contributed by atoms with Gasteiger partial charge in [-0.3, -0.25) is 4.79 Å². The molecule has 1 aromatic carbocycles. The number of rotatable bonds is 6. The molecule has 3 N–H and O–H groups in total. The number of amides is 1. The number of hydrogen-bond acceptors (Lipinski definition) is 3. The molecule has 0 spiro atoms. The summed E-state index contributed by atoms with van der Waals surface area (Å²) in [4.78, 5) is 29.3. The SMILES string of the molecule is CCC(OC1CCCC1)C(=O)NC(C)c1ccc2[nH]c(=O)[nH]c2c1. The van der Waals surface area contributed by atoms with Crippen LogP contribution >= 0.6 is 0 Å². The highest BCUT2D eigenvalue weighted by atomic mass is 16.5. The zero-order valence-corrected chi connectivity index (χ0v) is 14.2. The number of aromatic nitrogens is 2. The molecule has 0 saturated heterocycles. The molecule has 2 aromatic rings. The van der Waals surface area contributed by atoms with Crippen molar-refractivity contribution in [2.75, 3.05) is 0 Å². The Bertz CT molecular complexity index is 758. The smallest absolute Gasteiger partial charge is 0.323 e. The summed E-state index contributed by atoms with van der Waals surface area (Å²) < 4.78 is 5.97. The zero-order valence-electron chi connectivity index (χ0n) is 14.2. The third kappa shape index (κ3) is 3.70. The van der Waals surface area contributed by atoms with Crippen molar-refractivity contribution in [3.05, 3.63) is 34.2 Å². The summed E-state index contributed by atoms with van der Waals surface area (Å²) in [6.45, 7) is 3.91. The number of benzene rings is 1. The van der Waals surface area contributed by atoms with Crippen LogP contribution in [0.5, 0.6) is 0 Å². The number of carbonyl (C=O) groups excluding carboxylic acids is 1. The van der Waals surface area contributed by atoms with Crippen molar-refractivity contribution in [1.82, 2.24) is 15.3 Å². The van der Waals surface area contributed by atoms with Crippen molar-refractivity contribution in [2.24, 2.45) is 0 Å². The predicted molar refractivity (Wildman–Crippen MR) is 92.9 cm³/mol. The summed E-state index contributed by atoms with van der Waals surface area (Å²) in [5.74, 6) is -0.0699. The lowest BCUT2D eigenvalue weighted by Gasteiger charge is -2.23. The largest absolute Gasteiger partial charge is 0.365 e. The summed E-state index contributed by atoms with van der Waals surface area (Å²) >= 11 is 0. The van der Waals surface area contributed by atoms with Crippen molar-refractivity contribution in [3.8, 4) is 0 Å². The molecule has 0 aliphatic heterocycles. The summed E-state index contributed by atoms with van der Waals surface area (Å²) in [5, 5.41) is 3.03. The second-order valence-corrected chi connectivity index (χ2v) is 6.55. The Hall–Kier alpha value is -2.08. The van der Waals surface area contributed by atoms with Crippen LogP contribution in [-0.4, -0.2) is 28.1 Å². The minimum Gasteiger partial charge on any atom is -0.365 e. The van der Waals surface area contributed by atoms with Crippen LogP contribution in [0.1, 0.15) is 57.6 Å². The molecular weight excluding hydrogens is 306 g/mol. The molecule has 0 bridgehead atoms. The van der Waals surface area contributed by atoms with Gasteiger partial charge in [0.1, 0.15) is 6.10 Å². The lowest BCUT2D eigenvalue weighted by atomic mass is 10.1. The van der Waals surface area contributed by atoms with Gasteiger partial charge in [0.15, 0.2) is 0 Å². The van der Waals surface area contributed by atoms with Gasteiger partial charge in [0, 0.05) is 0 Å². The quantitative estimate of drug-likeness (QED) is 0.760. The van der Waals surface area contributed by atoms with Crippen LogP contribution in [0.2, 0.25) is 0 Å². The normalized spacial score (nSPS) is 17.9. The van der Waals surface area contributed by atoms with Gasteiger partial charge in [0.05, 0.1) is 23.2 Å². The van der Waals surface area contributed by atoms with E-state index in [9.17, 15) is 9.59 Å². The van der Waals surface area contributed by atoms with Crippen LogP contribution in [0.3, 0.4) is 0 Å². The highest BCUT2D eigenvalue weighted by molar-refractivity contribution is 5.81. The number of carbonyl (C=O) groups is 1. The number of ether oxygens (including phenoxy) is 1. The first-order chi connectivity index (χ1) is 11.6. The maximum absolute atomic E-state index is 12.5. The second-order valence-electron chi connectivity index (χ2n) is 6.55. The minimum atomic E-state index is -0.397. The van der Waals surface area contributed by atoms with Gasteiger partial charge in [-0.25, -0.2) is 4.79 Å². The van der Waals surface area contributed by atoms with E-state index < -0.39 is 6.10 Å². The average molecular weight is 331 g/mol. The second kappa shape index (κ2) is 7.21. The van der Waals surface area contributed by atoms with Crippen molar-refractivity contribution < 1.29 is 9.53 Å². The first-order valence-electron chi connectivity index (χ1n) is 8.74. The van der Waals surface area contributed by atoms with Crippen LogP contribution in [-0.2, 0) is 9.53 Å². The van der Waals surface area contributed by atoms with Crippen molar-refractivity contribution in [3.63, 3.8) is 0 Å². The van der Waals surface area contributed by atoms with E-state index >= 15 is 0 Å². The monoisotopic (exact) mass is 331 g/mol. The molecule has 6 heteroatoms. The van der Waals surface area contributed by atoms with Gasteiger partial charge in [-0.2, -0.15) is 0 Å². The van der Waals surface area contributed by atoms with Gasteiger partial charge in [0.25, 0.3) is 0 Å². The Kier molecular flexibility index (Phi) is 5.04. The van der Waals surface area contributed by atoms with Gasteiger partial charge in [-0.15, -0.1) is 0 Å². The first-order valence-corrected chi connectivity index (χ1v) is 8.74. The fraction of sp³-hybridized carbons (Fsp3) is 0.556. The van der Waals surface area contributed by atoms with Crippen molar-refractivity contribution in [2.45, 2.75) is 64.2 Å². The van der Waals surface area contributed by atoms with E-state index in [1.165, 1.54) is 12.8 Å². The van der Waals surface area contributed by atoms with E-state index in [0.717, 1.165) is 29.4 Å². The topological polar surface area (TPSA) is 87.0 Å². The number of aromatic amines is 2. The van der Waals surface area contributed by atoms with Crippen LogP contribution in [0, 0.1) is 0 Å². The molecule has 24 heavy (non-hydrogen) atoms. The molecule has 1 fully saturated rings. The Balaban J connectivity index is 1.65. The Morgan fingerprint density at radius 1 is 1.29 bits per heavy atom. The van der Waals surface area contributed by atoms with Crippen LogP contribution in [0.25, 0.3) is 11.0 Å². The zero-order chi connectivity index (χ0) is 17.1. The molecule has 1 aromatic heterocycles. The standard InChI is InChI=1S/C18H25N3O3/c1-3-16(24-13-6-4-5-7-13)17(22)19-11(2)12-8-9-14-15(10-12)21-18(23)20-14/h8-11,13,16H,3-7H2,1-2H3,(H,19,22)(H2,20,21,23). The predicted octanol–water partition coefficient (Wildman–Crippen LogP) is 2.77. The van der Waals surface area contributed by atoms with Crippen LogP contribution in [0.15, 0.2) is 23.0 Å². The van der Waals surface area contributed by atoms with Gasteiger partial charge >= 0.3 is 5.69 Å². The molecule has 1 saturated carbocycles. The highest BCUT2D eigenvalue weighted by Gasteiger charge is 2.25. The molecule has 3 rings (SSSR count). The molecule has 1 amide bonds. The summed E-state index contributed by atoms with van der Waals surface area (Å²) in [6.07, 6.45) is 4.97.